The number of methoxy groups -OCH3 is 1. The number of ether oxygens (including phenoxy) is 1. The first kappa shape index (κ1) is 21.2. The van der Waals surface area contributed by atoms with Crippen molar-refractivity contribution in [3.63, 3.8) is 0 Å². The second-order valence-electron chi connectivity index (χ2n) is 6.94. The molecule has 1 aromatic heterocycles. The van der Waals surface area contributed by atoms with Crippen LogP contribution in [0, 0.1) is 0 Å². The van der Waals surface area contributed by atoms with E-state index in [1.807, 2.05) is 34.7 Å². The topological polar surface area (TPSA) is 51.5 Å². The van der Waals surface area contributed by atoms with Crippen molar-refractivity contribution in [2.75, 3.05) is 27.7 Å². The van der Waals surface area contributed by atoms with E-state index in [1.54, 1.807) is 0 Å². The summed E-state index contributed by atoms with van der Waals surface area (Å²) in [4.78, 5) is 27.0. The van der Waals surface area contributed by atoms with Crippen molar-refractivity contribution < 1.29 is 9.53 Å². The van der Waals surface area contributed by atoms with E-state index in [0.717, 1.165) is 16.4 Å². The number of aromatic nitrogens is 1. The Kier molecular flexibility index (Phi) is 7.05. The zero-order chi connectivity index (χ0) is 17.4. The Balaban J connectivity index is 0.00000288. The van der Waals surface area contributed by atoms with Gasteiger partial charge in [0, 0.05) is 0 Å². The molecule has 0 atom stereocenters. The Bertz CT molecular complexity index is 787. The Hall–Kier alpha value is -0.881. The van der Waals surface area contributed by atoms with E-state index in [2.05, 4.69) is 20.8 Å². The number of carbonyl (C=O) groups excluding carboxylic acids is 1. The Morgan fingerprint density at radius 2 is 1.92 bits per heavy atom. The molecule has 0 unspecified atom stereocenters. The first-order chi connectivity index (χ1) is 10.6. The van der Waals surface area contributed by atoms with Crippen LogP contribution in [0.5, 0.6) is 0 Å². The predicted octanol–water partition coefficient (Wildman–Crippen LogP) is 2.28. The molecule has 1 aromatic carbocycles. The molecule has 5 nitrogen and oxygen atoms in total. The van der Waals surface area contributed by atoms with E-state index in [1.165, 1.54) is 7.11 Å². The van der Waals surface area contributed by atoms with Crippen molar-refractivity contribution in [3.8, 4) is 0 Å². The van der Waals surface area contributed by atoms with Crippen molar-refractivity contribution in [2.24, 2.45) is 0 Å². The van der Waals surface area contributed by atoms with Crippen molar-refractivity contribution in [3.05, 3.63) is 33.6 Å². The van der Waals surface area contributed by atoms with Crippen LogP contribution < -0.4 is 5.56 Å². The van der Waals surface area contributed by atoms with Crippen LogP contribution in [0.15, 0.2) is 16.9 Å². The predicted molar refractivity (Wildman–Crippen MR) is 104 cm³/mol. The van der Waals surface area contributed by atoms with Crippen molar-refractivity contribution >= 4 is 47.3 Å². The number of hydrogen-bond acceptors (Lipinski definition) is 4. The van der Waals surface area contributed by atoms with Gasteiger partial charge in [0.2, 0.25) is 0 Å². The van der Waals surface area contributed by atoms with E-state index in [0.29, 0.717) is 17.5 Å². The maximum atomic E-state index is 12.7. The van der Waals surface area contributed by atoms with Gasteiger partial charge in [-0.05, 0) is 0 Å². The molecule has 134 valence electrons. The molecule has 7 heteroatoms. The molecule has 0 aliphatic carbocycles. The fraction of sp³-hybridized carbons (Fsp3) is 0.529. The fourth-order valence-corrected chi connectivity index (χ4v) is 4.53. The summed E-state index contributed by atoms with van der Waals surface area (Å²) >= 11 is -0.178. The average molecular weight is 464 g/mol. The number of nitrogens with zero attached hydrogens (tertiary/aromatic N) is 2. The number of hydrogen-bond donors (Lipinski definition) is 0. The summed E-state index contributed by atoms with van der Waals surface area (Å²) in [6, 6.07) is 3.83. The molecule has 24 heavy (non-hydrogen) atoms. The molecule has 0 spiro atoms. The van der Waals surface area contributed by atoms with Crippen molar-refractivity contribution in [2.45, 2.75) is 32.7 Å². The van der Waals surface area contributed by atoms with Gasteiger partial charge in [-0.1, -0.05) is 0 Å². The van der Waals surface area contributed by atoms with Crippen LogP contribution in [-0.2, 0) is 16.7 Å². The van der Waals surface area contributed by atoms with E-state index in [9.17, 15) is 9.59 Å². The molecule has 0 aliphatic heterocycles. The van der Waals surface area contributed by atoms with Gasteiger partial charge in [-0.25, -0.2) is 0 Å². The van der Waals surface area contributed by atoms with E-state index < -0.39 is 0 Å². The minimum absolute atomic E-state index is 0. The molecule has 2 aromatic rings. The molecule has 0 saturated carbocycles. The number of benzene rings is 1. The SMILES string of the molecule is Br.COC(=O)c1cc(C(C)(C)C)cc2c(=O)n(CCN(C)C)[se]c12. The summed E-state index contributed by atoms with van der Waals surface area (Å²) in [5.41, 5.74) is 1.41. The summed E-state index contributed by atoms with van der Waals surface area (Å²) < 4.78 is 7.64. The molecular weight excluding hydrogens is 439 g/mol. The second kappa shape index (κ2) is 8.00. The summed E-state index contributed by atoms with van der Waals surface area (Å²) in [6.45, 7) is 7.70. The normalized spacial score (nSPS) is 11.6. The number of rotatable bonds is 4. The Morgan fingerprint density at radius 3 is 2.42 bits per heavy atom. The van der Waals surface area contributed by atoms with Gasteiger partial charge < -0.3 is 0 Å². The third-order valence-electron chi connectivity index (χ3n) is 3.77. The monoisotopic (exact) mass is 464 g/mol. The molecule has 0 aliphatic rings. The van der Waals surface area contributed by atoms with Crippen LogP contribution in [0.1, 0.15) is 36.7 Å². The van der Waals surface area contributed by atoms with Gasteiger partial charge in [-0.15, -0.1) is 17.0 Å². The third-order valence-corrected chi connectivity index (χ3v) is 6.27. The van der Waals surface area contributed by atoms with Gasteiger partial charge in [0.1, 0.15) is 0 Å². The first-order valence-corrected chi connectivity index (χ1v) is 9.19. The van der Waals surface area contributed by atoms with Crippen molar-refractivity contribution in [1.82, 2.24) is 8.46 Å². The zero-order valence-electron chi connectivity index (χ0n) is 15.0. The van der Waals surface area contributed by atoms with Crippen LogP contribution in [0.25, 0.3) is 9.65 Å². The van der Waals surface area contributed by atoms with Crippen LogP contribution in [0.2, 0.25) is 0 Å². The van der Waals surface area contributed by atoms with E-state index in [4.69, 9.17) is 4.74 Å². The summed E-state index contributed by atoms with van der Waals surface area (Å²) in [5, 5.41) is 0.664. The van der Waals surface area contributed by atoms with Gasteiger partial charge in [-0.2, -0.15) is 0 Å². The van der Waals surface area contributed by atoms with Crippen LogP contribution in [0.3, 0.4) is 0 Å². The van der Waals surface area contributed by atoms with Gasteiger partial charge in [-0.3, -0.25) is 0 Å². The fourth-order valence-electron chi connectivity index (χ4n) is 2.30. The maximum absolute atomic E-state index is 12.7. The van der Waals surface area contributed by atoms with Crippen LogP contribution >= 0.6 is 17.0 Å². The molecule has 0 fully saturated rings. The number of fused-ring (bicyclic) bond motifs is 1. The summed E-state index contributed by atoms with van der Waals surface area (Å²) in [6.07, 6.45) is 0. The molecule has 1 heterocycles. The molecule has 2 rings (SSSR count). The molecule has 0 amide bonds. The molecule has 0 saturated heterocycles. The summed E-state index contributed by atoms with van der Waals surface area (Å²) in [5.74, 6) is -0.364. The minimum atomic E-state index is -0.364. The van der Waals surface area contributed by atoms with Gasteiger partial charge in [0.25, 0.3) is 0 Å². The second-order valence-corrected chi connectivity index (χ2v) is 9.11. The van der Waals surface area contributed by atoms with Crippen molar-refractivity contribution in [1.29, 1.82) is 0 Å². The first-order valence-electron chi connectivity index (χ1n) is 7.56. The van der Waals surface area contributed by atoms with Gasteiger partial charge in [0.05, 0.1) is 0 Å². The zero-order valence-corrected chi connectivity index (χ0v) is 18.4. The Morgan fingerprint density at radius 1 is 1.29 bits per heavy atom. The van der Waals surface area contributed by atoms with E-state index in [-0.39, 0.29) is 48.7 Å². The Labute approximate surface area is 159 Å². The van der Waals surface area contributed by atoms with E-state index >= 15 is 0 Å². The summed E-state index contributed by atoms with van der Waals surface area (Å²) in [7, 11) is 5.35. The number of esters is 1. The quantitative estimate of drug-likeness (QED) is 0.515. The molecule has 0 bridgehead atoms. The number of carbonyl (C=O) groups is 1. The molecule has 0 radical (unpaired) electrons. The standard InChI is InChI=1S/C17H24N2O3Se.BrH/c1-17(2,3)11-9-12-14(13(10-11)16(21)22-6)23-19(15(12)20)8-7-18(4)5;/h9-10H,7-8H2,1-6H3;1H. The molecule has 0 N–H and O–H groups in total. The average Bonchev–Trinajstić information content (AvgIpc) is 2.79. The third kappa shape index (κ3) is 4.39. The number of halogens is 1. The molecular formula is C17H25BrN2O3Se. The van der Waals surface area contributed by atoms with Gasteiger partial charge in [0.15, 0.2) is 0 Å². The van der Waals surface area contributed by atoms with Crippen LogP contribution in [0.4, 0.5) is 0 Å². The number of likely N-dealkylation sites (N-methyl/N-ethyl adjacent to an activating group) is 1. The van der Waals surface area contributed by atoms with Gasteiger partial charge >= 0.3 is 142 Å². The van der Waals surface area contributed by atoms with Crippen LogP contribution in [-0.4, -0.2) is 56.9 Å².